The number of nitrogens with zero attached hydrogens (tertiary/aromatic N) is 1. The van der Waals surface area contributed by atoms with Crippen molar-refractivity contribution in [1.82, 2.24) is 5.32 Å². The highest BCUT2D eigenvalue weighted by Gasteiger charge is 2.19. The summed E-state index contributed by atoms with van der Waals surface area (Å²) in [6.07, 6.45) is 2.71. The zero-order valence-electron chi connectivity index (χ0n) is 18.2. The van der Waals surface area contributed by atoms with E-state index < -0.39 is 15.9 Å². The molecule has 0 heterocycles. The molecule has 0 radical (unpaired) electrons. The van der Waals surface area contributed by atoms with E-state index in [9.17, 15) is 18.0 Å². The van der Waals surface area contributed by atoms with E-state index in [0.717, 1.165) is 11.8 Å². The van der Waals surface area contributed by atoms with E-state index in [2.05, 4.69) is 17.2 Å². The Hall–Kier alpha value is -3.91. The van der Waals surface area contributed by atoms with Gasteiger partial charge >= 0.3 is 0 Å². The van der Waals surface area contributed by atoms with Crippen molar-refractivity contribution in [2.45, 2.75) is 6.54 Å². The summed E-state index contributed by atoms with van der Waals surface area (Å²) in [5, 5.41) is 5.43. The maximum atomic E-state index is 12.8. The van der Waals surface area contributed by atoms with E-state index in [0.29, 0.717) is 29.0 Å². The third-order valence-electron chi connectivity index (χ3n) is 4.81. The lowest BCUT2D eigenvalue weighted by atomic mass is 10.1. The van der Waals surface area contributed by atoms with Gasteiger partial charge in [-0.3, -0.25) is 13.9 Å². The molecule has 3 rings (SSSR count). The van der Waals surface area contributed by atoms with Gasteiger partial charge in [-0.15, -0.1) is 6.58 Å². The Balaban J connectivity index is 1.79. The predicted octanol–water partition coefficient (Wildman–Crippen LogP) is 3.82. The van der Waals surface area contributed by atoms with Gasteiger partial charge in [0.25, 0.3) is 11.8 Å². The highest BCUT2D eigenvalue weighted by atomic mass is 32.2. The average Bonchev–Trinajstić information content (AvgIpc) is 2.81. The van der Waals surface area contributed by atoms with E-state index in [1.54, 1.807) is 54.6 Å². The molecule has 0 saturated carbocycles. The number of anilines is 2. The van der Waals surface area contributed by atoms with Gasteiger partial charge in [-0.2, -0.15) is 0 Å². The third-order valence-corrected chi connectivity index (χ3v) is 5.95. The van der Waals surface area contributed by atoms with Crippen LogP contribution in [0.1, 0.15) is 26.3 Å². The van der Waals surface area contributed by atoms with Crippen molar-refractivity contribution in [2.24, 2.45) is 0 Å². The molecule has 0 fully saturated rings. The summed E-state index contributed by atoms with van der Waals surface area (Å²) in [7, 11) is -3.54. The molecule has 2 N–H and O–H groups in total. The largest absolute Gasteiger partial charge is 0.349 e. The first-order valence-electron chi connectivity index (χ1n) is 10.2. The molecule has 0 aliphatic rings. The molecule has 3 aromatic rings. The molecule has 8 heteroatoms. The van der Waals surface area contributed by atoms with E-state index in [4.69, 9.17) is 0 Å². The number of carbonyl (C=O) groups excluding carboxylic acids is 2. The van der Waals surface area contributed by atoms with Gasteiger partial charge in [0.2, 0.25) is 10.0 Å². The normalized spacial score (nSPS) is 10.8. The van der Waals surface area contributed by atoms with Crippen LogP contribution in [0.25, 0.3) is 0 Å². The molecule has 0 unspecified atom stereocenters. The van der Waals surface area contributed by atoms with Crippen LogP contribution in [0.2, 0.25) is 0 Å². The molecule has 0 spiro atoms. The zero-order valence-corrected chi connectivity index (χ0v) is 19.0. The Bertz CT molecular complexity index is 1240. The van der Waals surface area contributed by atoms with Crippen molar-refractivity contribution < 1.29 is 18.0 Å². The maximum absolute atomic E-state index is 12.8. The fourth-order valence-corrected chi connectivity index (χ4v) is 4.06. The highest BCUT2D eigenvalue weighted by Crippen LogP contribution is 2.22. The minimum Gasteiger partial charge on any atom is -0.349 e. The summed E-state index contributed by atoms with van der Waals surface area (Å²) in [5.74, 6) is -0.745. The Kier molecular flexibility index (Phi) is 7.63. The second kappa shape index (κ2) is 10.6. The fraction of sp³-hybridized carbons (Fsp3) is 0.120. The van der Waals surface area contributed by atoms with Gasteiger partial charge in [0.15, 0.2) is 0 Å². The van der Waals surface area contributed by atoms with Gasteiger partial charge in [0.05, 0.1) is 29.7 Å². The minimum atomic E-state index is -3.54. The second-order valence-electron chi connectivity index (χ2n) is 7.30. The van der Waals surface area contributed by atoms with Crippen LogP contribution in [0.4, 0.5) is 11.4 Å². The van der Waals surface area contributed by atoms with Crippen molar-refractivity contribution in [3.8, 4) is 0 Å². The summed E-state index contributed by atoms with van der Waals surface area (Å²) >= 11 is 0. The van der Waals surface area contributed by atoms with Crippen molar-refractivity contribution in [1.29, 1.82) is 0 Å². The van der Waals surface area contributed by atoms with Crippen LogP contribution in [0.15, 0.2) is 91.5 Å². The number of benzene rings is 3. The van der Waals surface area contributed by atoms with Crippen molar-refractivity contribution in [3.63, 3.8) is 0 Å². The van der Waals surface area contributed by atoms with Gasteiger partial charge in [-0.05, 0) is 42.0 Å². The fourth-order valence-electron chi connectivity index (χ4n) is 3.17. The summed E-state index contributed by atoms with van der Waals surface area (Å²) in [5.41, 5.74) is 2.32. The third kappa shape index (κ3) is 6.30. The number of sulfonamides is 1. The van der Waals surface area contributed by atoms with Crippen LogP contribution in [0, 0.1) is 0 Å². The summed E-state index contributed by atoms with van der Waals surface area (Å²) in [4.78, 5) is 25.1. The molecule has 7 nitrogen and oxygen atoms in total. The molecule has 0 aliphatic heterocycles. The number of rotatable bonds is 9. The Labute approximate surface area is 193 Å². The van der Waals surface area contributed by atoms with Gasteiger partial charge < -0.3 is 10.6 Å². The molecule has 0 saturated heterocycles. The van der Waals surface area contributed by atoms with E-state index >= 15 is 0 Å². The Morgan fingerprint density at radius 1 is 0.909 bits per heavy atom. The van der Waals surface area contributed by atoms with Crippen LogP contribution < -0.4 is 14.9 Å². The lowest BCUT2D eigenvalue weighted by Gasteiger charge is -2.22. The summed E-state index contributed by atoms with van der Waals surface area (Å²) in [6, 6.07) is 22.2. The summed E-state index contributed by atoms with van der Waals surface area (Å²) < 4.78 is 26.0. The molecule has 3 aromatic carbocycles. The summed E-state index contributed by atoms with van der Waals surface area (Å²) in [6.45, 7) is 4.06. The number of hydrogen-bond donors (Lipinski definition) is 2. The lowest BCUT2D eigenvalue weighted by Crippen LogP contribution is -2.29. The molecule has 2 amide bonds. The van der Waals surface area contributed by atoms with Gasteiger partial charge in [-0.1, -0.05) is 48.5 Å². The molecule has 0 aliphatic carbocycles. The molecule has 0 aromatic heterocycles. The number of carbonyl (C=O) groups is 2. The van der Waals surface area contributed by atoms with Crippen LogP contribution in [-0.2, 0) is 16.6 Å². The van der Waals surface area contributed by atoms with Gasteiger partial charge in [0.1, 0.15) is 0 Å². The second-order valence-corrected chi connectivity index (χ2v) is 9.21. The molecular weight excluding hydrogens is 438 g/mol. The topological polar surface area (TPSA) is 95.6 Å². The monoisotopic (exact) mass is 463 g/mol. The lowest BCUT2D eigenvalue weighted by molar-refractivity contribution is 0.0959. The Morgan fingerprint density at radius 3 is 2.18 bits per heavy atom. The van der Waals surface area contributed by atoms with Gasteiger partial charge in [-0.25, -0.2) is 8.42 Å². The predicted molar refractivity (Wildman–Crippen MR) is 131 cm³/mol. The van der Waals surface area contributed by atoms with E-state index in [1.807, 2.05) is 30.3 Å². The van der Waals surface area contributed by atoms with E-state index in [1.165, 1.54) is 4.31 Å². The average molecular weight is 464 g/mol. The molecule has 0 bridgehead atoms. The van der Waals surface area contributed by atoms with Crippen LogP contribution >= 0.6 is 0 Å². The van der Waals surface area contributed by atoms with Crippen LogP contribution in [0.5, 0.6) is 0 Å². The smallest absolute Gasteiger partial charge is 0.255 e. The number of para-hydroxylation sites is 1. The van der Waals surface area contributed by atoms with Gasteiger partial charge in [0, 0.05) is 12.1 Å². The quantitative estimate of drug-likeness (QED) is 0.472. The number of nitrogens with one attached hydrogen (secondary N) is 2. The Morgan fingerprint density at radius 2 is 1.55 bits per heavy atom. The highest BCUT2D eigenvalue weighted by molar-refractivity contribution is 7.92. The van der Waals surface area contributed by atoms with Crippen molar-refractivity contribution >= 4 is 33.2 Å². The SMILES string of the molecule is C=CCNC(=O)c1ccccc1NC(=O)c1ccc(N(Cc2ccccc2)S(C)(=O)=O)cc1. The zero-order chi connectivity index (χ0) is 23.8. The minimum absolute atomic E-state index is 0.179. The first kappa shape index (κ1) is 23.7. The van der Waals surface area contributed by atoms with Crippen LogP contribution in [-0.4, -0.2) is 33.0 Å². The standard InChI is InChI=1S/C25H25N3O4S/c1-3-17-26-25(30)22-11-7-8-12-23(22)27-24(29)20-13-15-21(16-14-20)28(33(2,31)32)18-19-9-5-4-6-10-19/h3-16H,1,17-18H2,2H3,(H,26,30)(H,27,29). The molecule has 33 heavy (non-hydrogen) atoms. The molecule has 0 atom stereocenters. The van der Waals surface area contributed by atoms with Crippen molar-refractivity contribution in [3.05, 3.63) is 108 Å². The maximum Gasteiger partial charge on any atom is 0.255 e. The first-order chi connectivity index (χ1) is 15.8. The van der Waals surface area contributed by atoms with Crippen LogP contribution in [0.3, 0.4) is 0 Å². The van der Waals surface area contributed by atoms with Crippen molar-refractivity contribution in [2.75, 3.05) is 22.4 Å². The van der Waals surface area contributed by atoms with E-state index in [-0.39, 0.29) is 12.5 Å². The molecular formula is C25H25N3O4S. The number of hydrogen-bond acceptors (Lipinski definition) is 4. The molecule has 170 valence electrons. The number of amides is 2. The first-order valence-corrected chi connectivity index (χ1v) is 12.1.